The lowest BCUT2D eigenvalue weighted by Gasteiger charge is -2.36. The van der Waals surface area contributed by atoms with E-state index in [0.29, 0.717) is 31.0 Å². The molecule has 160 valence electrons. The number of nitrogens with zero attached hydrogens (tertiary/aromatic N) is 3. The third-order valence-electron chi connectivity index (χ3n) is 5.09. The minimum Gasteiger partial charge on any atom is -0.368 e. The molecule has 1 saturated heterocycles. The van der Waals surface area contributed by atoms with Crippen LogP contribution in [-0.4, -0.2) is 56.0 Å². The van der Waals surface area contributed by atoms with Crippen molar-refractivity contribution in [3.8, 4) is 0 Å². The van der Waals surface area contributed by atoms with E-state index in [1.807, 2.05) is 30.0 Å². The molecule has 0 spiro atoms. The zero-order chi connectivity index (χ0) is 21.2. The van der Waals surface area contributed by atoms with Crippen molar-refractivity contribution in [1.82, 2.24) is 15.5 Å². The summed E-state index contributed by atoms with van der Waals surface area (Å²) in [6.45, 7) is 6.55. The number of piperazine rings is 1. The molecule has 7 heteroatoms. The smallest absolute Gasteiger partial charge is 0.224 e. The molecule has 1 fully saturated rings. The summed E-state index contributed by atoms with van der Waals surface area (Å²) in [5.74, 6) is 0.463. The van der Waals surface area contributed by atoms with E-state index < -0.39 is 0 Å². The zero-order valence-corrected chi connectivity index (χ0v) is 17.5. The molecule has 2 aromatic rings. The van der Waals surface area contributed by atoms with Crippen LogP contribution < -0.4 is 15.5 Å². The SMILES string of the molecule is CCNC(=NCc1ccccc1F)NCCC(=O)N1CCN(c2ccccc2)CC1. The molecule has 0 aromatic heterocycles. The minimum atomic E-state index is -0.262. The number of halogens is 1. The molecule has 0 unspecified atom stereocenters. The Balaban J connectivity index is 1.43. The normalized spacial score (nSPS) is 14.5. The van der Waals surface area contributed by atoms with Crippen LogP contribution in [0.5, 0.6) is 0 Å². The molecule has 0 aliphatic carbocycles. The van der Waals surface area contributed by atoms with Gasteiger partial charge in [-0.05, 0) is 25.1 Å². The molecule has 30 heavy (non-hydrogen) atoms. The van der Waals surface area contributed by atoms with Crippen LogP contribution >= 0.6 is 0 Å². The fraction of sp³-hybridized carbons (Fsp3) is 0.391. The summed E-state index contributed by atoms with van der Waals surface area (Å²) in [4.78, 5) is 21.2. The number of carbonyl (C=O) groups is 1. The Kier molecular flexibility index (Phi) is 8.06. The number of hydrogen-bond acceptors (Lipinski definition) is 3. The van der Waals surface area contributed by atoms with Crippen molar-refractivity contribution in [2.45, 2.75) is 19.9 Å². The van der Waals surface area contributed by atoms with Gasteiger partial charge in [-0.25, -0.2) is 9.38 Å². The molecule has 3 rings (SSSR count). The van der Waals surface area contributed by atoms with Gasteiger partial charge < -0.3 is 20.4 Å². The maximum Gasteiger partial charge on any atom is 0.224 e. The highest BCUT2D eigenvalue weighted by molar-refractivity contribution is 5.81. The highest BCUT2D eigenvalue weighted by Crippen LogP contribution is 2.15. The number of aliphatic imine (C=N–C) groups is 1. The molecule has 0 radical (unpaired) electrons. The summed E-state index contributed by atoms with van der Waals surface area (Å²) in [6.07, 6.45) is 0.398. The number of anilines is 1. The molecular formula is C23H30FN5O. The average molecular weight is 412 g/mol. The first-order chi connectivity index (χ1) is 14.7. The average Bonchev–Trinajstić information content (AvgIpc) is 2.79. The van der Waals surface area contributed by atoms with E-state index in [1.54, 1.807) is 18.2 Å². The summed E-state index contributed by atoms with van der Waals surface area (Å²) < 4.78 is 13.8. The first kappa shape index (κ1) is 21.6. The fourth-order valence-electron chi connectivity index (χ4n) is 3.43. The van der Waals surface area contributed by atoms with Gasteiger partial charge in [0.15, 0.2) is 5.96 Å². The van der Waals surface area contributed by atoms with Crippen molar-refractivity contribution in [3.05, 3.63) is 66.0 Å². The minimum absolute atomic E-state index is 0.139. The quantitative estimate of drug-likeness (QED) is 0.543. The van der Waals surface area contributed by atoms with Gasteiger partial charge in [0.05, 0.1) is 6.54 Å². The molecule has 0 saturated carbocycles. The molecule has 1 amide bonds. The van der Waals surface area contributed by atoms with E-state index in [1.165, 1.54) is 11.8 Å². The number of hydrogen-bond donors (Lipinski definition) is 2. The molecule has 2 N–H and O–H groups in total. The molecule has 1 aliphatic rings. The predicted molar refractivity (Wildman–Crippen MR) is 119 cm³/mol. The van der Waals surface area contributed by atoms with Crippen LogP contribution in [0.2, 0.25) is 0 Å². The topological polar surface area (TPSA) is 60.0 Å². The summed E-state index contributed by atoms with van der Waals surface area (Å²) in [7, 11) is 0. The van der Waals surface area contributed by atoms with Gasteiger partial charge in [0, 0.05) is 56.9 Å². The van der Waals surface area contributed by atoms with E-state index in [9.17, 15) is 9.18 Å². The van der Waals surface area contributed by atoms with Crippen LogP contribution in [0.3, 0.4) is 0 Å². The van der Waals surface area contributed by atoms with Crippen molar-refractivity contribution in [2.24, 2.45) is 4.99 Å². The second-order valence-electron chi connectivity index (χ2n) is 7.17. The van der Waals surface area contributed by atoms with Gasteiger partial charge in [0.1, 0.15) is 5.82 Å². The van der Waals surface area contributed by atoms with Crippen LogP contribution in [0.25, 0.3) is 0 Å². The standard InChI is InChI=1S/C23H30FN5O/c1-2-25-23(27-18-19-8-6-7-11-21(19)24)26-13-12-22(30)29-16-14-28(15-17-29)20-9-4-3-5-10-20/h3-11H,2,12-18H2,1H3,(H2,25,26,27). The first-order valence-electron chi connectivity index (χ1n) is 10.5. The summed E-state index contributed by atoms with van der Waals surface area (Å²) >= 11 is 0. The largest absolute Gasteiger partial charge is 0.368 e. The number of rotatable bonds is 7. The van der Waals surface area contributed by atoms with Crippen molar-refractivity contribution in [1.29, 1.82) is 0 Å². The lowest BCUT2D eigenvalue weighted by atomic mass is 10.2. The first-order valence-corrected chi connectivity index (χ1v) is 10.5. The van der Waals surface area contributed by atoms with Crippen molar-refractivity contribution >= 4 is 17.6 Å². The van der Waals surface area contributed by atoms with Crippen LogP contribution in [0.15, 0.2) is 59.6 Å². The molecule has 1 aliphatic heterocycles. The lowest BCUT2D eigenvalue weighted by molar-refractivity contribution is -0.131. The Labute approximate surface area is 177 Å². The van der Waals surface area contributed by atoms with Gasteiger partial charge >= 0.3 is 0 Å². The van der Waals surface area contributed by atoms with Crippen molar-refractivity contribution < 1.29 is 9.18 Å². The predicted octanol–water partition coefficient (Wildman–Crippen LogP) is 2.62. The van der Waals surface area contributed by atoms with E-state index in [4.69, 9.17) is 0 Å². The lowest BCUT2D eigenvalue weighted by Crippen LogP contribution is -2.49. The second kappa shape index (κ2) is 11.2. The highest BCUT2D eigenvalue weighted by atomic mass is 19.1. The van der Waals surface area contributed by atoms with Gasteiger partial charge in [-0.2, -0.15) is 0 Å². The number of para-hydroxylation sites is 1. The molecule has 0 bridgehead atoms. The number of benzene rings is 2. The third kappa shape index (κ3) is 6.20. The number of carbonyl (C=O) groups excluding carboxylic acids is 1. The zero-order valence-electron chi connectivity index (χ0n) is 17.5. The molecule has 1 heterocycles. The van der Waals surface area contributed by atoms with Gasteiger partial charge in [0.2, 0.25) is 5.91 Å². The van der Waals surface area contributed by atoms with Gasteiger partial charge in [0.25, 0.3) is 0 Å². The Morgan fingerprint density at radius 2 is 1.70 bits per heavy atom. The van der Waals surface area contributed by atoms with Crippen LogP contribution in [0.4, 0.5) is 10.1 Å². The van der Waals surface area contributed by atoms with Gasteiger partial charge in [-0.3, -0.25) is 4.79 Å². The fourth-order valence-corrected chi connectivity index (χ4v) is 3.43. The maximum atomic E-state index is 13.8. The van der Waals surface area contributed by atoms with E-state index in [-0.39, 0.29) is 18.3 Å². The third-order valence-corrected chi connectivity index (χ3v) is 5.09. The summed E-state index contributed by atoms with van der Waals surface area (Å²) in [5, 5.41) is 6.31. The van der Waals surface area contributed by atoms with E-state index >= 15 is 0 Å². The maximum absolute atomic E-state index is 13.8. The Bertz CT molecular complexity index is 834. The van der Waals surface area contributed by atoms with E-state index in [2.05, 4.69) is 32.7 Å². The van der Waals surface area contributed by atoms with Crippen molar-refractivity contribution in [2.75, 3.05) is 44.2 Å². The Hall–Kier alpha value is -3.09. The molecular weight excluding hydrogens is 381 g/mol. The van der Waals surface area contributed by atoms with Crippen LogP contribution in [0, 0.1) is 5.82 Å². The van der Waals surface area contributed by atoms with E-state index in [0.717, 1.165) is 26.2 Å². The molecule has 0 atom stereocenters. The monoisotopic (exact) mass is 411 g/mol. The van der Waals surface area contributed by atoms with Gasteiger partial charge in [-0.15, -0.1) is 0 Å². The Morgan fingerprint density at radius 1 is 1.00 bits per heavy atom. The number of guanidine groups is 1. The number of nitrogens with one attached hydrogen (secondary N) is 2. The van der Waals surface area contributed by atoms with Gasteiger partial charge in [-0.1, -0.05) is 36.4 Å². The number of amides is 1. The van der Waals surface area contributed by atoms with Crippen LogP contribution in [-0.2, 0) is 11.3 Å². The van der Waals surface area contributed by atoms with Crippen LogP contribution in [0.1, 0.15) is 18.9 Å². The molecule has 6 nitrogen and oxygen atoms in total. The second-order valence-corrected chi connectivity index (χ2v) is 7.17. The summed E-state index contributed by atoms with van der Waals surface area (Å²) in [5.41, 5.74) is 1.75. The molecule has 2 aromatic carbocycles. The Morgan fingerprint density at radius 3 is 2.40 bits per heavy atom. The summed E-state index contributed by atoms with van der Waals surface area (Å²) in [6, 6.07) is 16.9. The van der Waals surface area contributed by atoms with Crippen molar-refractivity contribution in [3.63, 3.8) is 0 Å². The highest BCUT2D eigenvalue weighted by Gasteiger charge is 2.20.